The van der Waals surface area contributed by atoms with E-state index in [4.69, 9.17) is 11.6 Å². The summed E-state index contributed by atoms with van der Waals surface area (Å²) < 4.78 is 1.86. The van der Waals surface area contributed by atoms with E-state index in [1.165, 1.54) is 0 Å². The molecule has 0 fully saturated rings. The Morgan fingerprint density at radius 2 is 2.00 bits per heavy atom. The molecule has 0 atom stereocenters. The van der Waals surface area contributed by atoms with Crippen LogP contribution in [0.1, 0.15) is 19.4 Å². The number of fused-ring (bicyclic) bond motifs is 1. The number of aliphatic hydroxyl groups is 1. The molecule has 3 aromatic rings. The van der Waals surface area contributed by atoms with Crippen LogP contribution in [-0.4, -0.2) is 15.6 Å². The molecule has 1 heterocycles. The molecule has 0 bridgehead atoms. The van der Waals surface area contributed by atoms with Gasteiger partial charge in [-0.1, -0.05) is 29.8 Å². The van der Waals surface area contributed by atoms with E-state index in [1.54, 1.807) is 26.0 Å². The lowest BCUT2D eigenvalue weighted by Crippen LogP contribution is -2.19. The second kappa shape index (κ2) is 6.30. The van der Waals surface area contributed by atoms with Crippen molar-refractivity contribution in [3.8, 4) is 0 Å². The molecule has 0 spiro atoms. The summed E-state index contributed by atoms with van der Waals surface area (Å²) in [5.41, 5.74) is 1.38. The van der Waals surface area contributed by atoms with Crippen LogP contribution < -0.4 is 5.32 Å². The van der Waals surface area contributed by atoms with Crippen molar-refractivity contribution in [2.45, 2.75) is 26.0 Å². The van der Waals surface area contributed by atoms with Gasteiger partial charge in [0.15, 0.2) is 0 Å². The lowest BCUT2D eigenvalue weighted by Gasteiger charge is -2.18. The number of nitrogens with zero attached hydrogens (tertiary/aromatic N) is 1. The number of anilines is 1. The molecule has 0 saturated carbocycles. The molecule has 2 N–H and O–H groups in total. The Morgan fingerprint density at radius 3 is 2.75 bits per heavy atom. The van der Waals surface area contributed by atoms with Crippen LogP contribution >= 0.6 is 11.6 Å². The van der Waals surface area contributed by atoms with Crippen molar-refractivity contribution in [2.24, 2.45) is 0 Å². The minimum atomic E-state index is -0.950. The number of amides is 1. The molecule has 0 saturated heterocycles. The fraction of sp³-hybridized carbons (Fsp3) is 0.211. The molecule has 1 amide bonds. The van der Waals surface area contributed by atoms with Crippen LogP contribution in [0, 0.1) is 0 Å². The van der Waals surface area contributed by atoms with Crippen LogP contribution in [0.4, 0.5) is 5.69 Å². The molecule has 3 rings (SSSR count). The molecule has 124 valence electrons. The Morgan fingerprint density at radius 1 is 1.21 bits per heavy atom. The SMILES string of the molecule is CC(C)(O)c1cccc(NC(=O)Cn2ccc3ccc(Cl)cc32)c1. The second-order valence-corrected chi connectivity index (χ2v) is 6.77. The predicted molar refractivity (Wildman–Crippen MR) is 97.3 cm³/mol. The molecule has 0 aliphatic carbocycles. The van der Waals surface area contributed by atoms with E-state index < -0.39 is 5.60 Å². The number of rotatable bonds is 4. The topological polar surface area (TPSA) is 54.3 Å². The fourth-order valence-corrected chi connectivity index (χ4v) is 2.79. The molecular formula is C19H19ClN2O2. The Labute approximate surface area is 145 Å². The van der Waals surface area contributed by atoms with Gasteiger partial charge in [0.25, 0.3) is 0 Å². The van der Waals surface area contributed by atoms with Gasteiger partial charge in [0, 0.05) is 22.4 Å². The summed E-state index contributed by atoms with van der Waals surface area (Å²) in [6.45, 7) is 3.61. The zero-order valence-corrected chi connectivity index (χ0v) is 14.3. The summed E-state index contributed by atoms with van der Waals surface area (Å²) in [5, 5.41) is 14.6. The van der Waals surface area contributed by atoms with Crippen molar-refractivity contribution in [2.75, 3.05) is 5.32 Å². The van der Waals surface area contributed by atoms with Crippen LogP contribution in [0.15, 0.2) is 54.7 Å². The van der Waals surface area contributed by atoms with Gasteiger partial charge in [0.1, 0.15) is 6.54 Å². The molecular weight excluding hydrogens is 324 g/mol. The molecule has 1 aromatic heterocycles. The number of hydrogen-bond acceptors (Lipinski definition) is 2. The third-order valence-corrected chi connectivity index (χ3v) is 4.14. The minimum Gasteiger partial charge on any atom is -0.386 e. The molecule has 4 nitrogen and oxygen atoms in total. The number of carbonyl (C=O) groups excluding carboxylic acids is 1. The van der Waals surface area contributed by atoms with Crippen LogP contribution in [0.25, 0.3) is 10.9 Å². The van der Waals surface area contributed by atoms with Gasteiger partial charge in [-0.2, -0.15) is 0 Å². The molecule has 5 heteroatoms. The standard InChI is InChI=1S/C19H19ClN2O2/c1-19(2,24)14-4-3-5-16(10-14)21-18(23)12-22-9-8-13-6-7-15(20)11-17(13)22/h3-11,24H,12H2,1-2H3,(H,21,23). The fourth-order valence-electron chi connectivity index (χ4n) is 2.63. The van der Waals surface area contributed by atoms with Crippen LogP contribution in [0.2, 0.25) is 5.02 Å². The number of benzene rings is 2. The predicted octanol–water partition coefficient (Wildman–Crippen LogP) is 4.16. The minimum absolute atomic E-state index is 0.139. The first-order chi connectivity index (χ1) is 11.3. The van der Waals surface area contributed by atoms with E-state index in [2.05, 4.69) is 5.32 Å². The van der Waals surface area contributed by atoms with Crippen molar-refractivity contribution >= 4 is 34.1 Å². The van der Waals surface area contributed by atoms with Gasteiger partial charge in [-0.3, -0.25) is 4.79 Å². The average molecular weight is 343 g/mol. The Kier molecular flexibility index (Phi) is 4.35. The summed E-state index contributed by atoms with van der Waals surface area (Å²) >= 11 is 6.04. The molecule has 0 unspecified atom stereocenters. The first-order valence-electron chi connectivity index (χ1n) is 7.70. The normalized spacial score (nSPS) is 11.7. The molecule has 2 aromatic carbocycles. The molecule has 0 aliphatic rings. The number of aromatic nitrogens is 1. The Balaban J connectivity index is 1.77. The van der Waals surface area contributed by atoms with Crippen LogP contribution in [0.3, 0.4) is 0 Å². The summed E-state index contributed by atoms with van der Waals surface area (Å²) in [7, 11) is 0. The third-order valence-electron chi connectivity index (χ3n) is 3.90. The van der Waals surface area contributed by atoms with E-state index in [-0.39, 0.29) is 12.5 Å². The van der Waals surface area contributed by atoms with Gasteiger partial charge in [0.2, 0.25) is 5.91 Å². The smallest absolute Gasteiger partial charge is 0.244 e. The summed E-state index contributed by atoms with van der Waals surface area (Å²) in [5.74, 6) is -0.139. The van der Waals surface area contributed by atoms with E-state index in [9.17, 15) is 9.90 Å². The maximum atomic E-state index is 12.3. The largest absolute Gasteiger partial charge is 0.386 e. The lowest BCUT2D eigenvalue weighted by molar-refractivity contribution is -0.116. The highest BCUT2D eigenvalue weighted by atomic mass is 35.5. The van der Waals surface area contributed by atoms with Gasteiger partial charge in [-0.25, -0.2) is 0 Å². The highest BCUT2D eigenvalue weighted by Gasteiger charge is 2.16. The molecule has 0 aliphatic heterocycles. The van der Waals surface area contributed by atoms with Crippen molar-refractivity contribution in [1.82, 2.24) is 4.57 Å². The molecule has 0 radical (unpaired) electrons. The highest BCUT2D eigenvalue weighted by molar-refractivity contribution is 6.31. The van der Waals surface area contributed by atoms with Crippen LogP contribution in [-0.2, 0) is 16.9 Å². The Hall–Kier alpha value is -2.30. The van der Waals surface area contributed by atoms with Gasteiger partial charge < -0.3 is 15.0 Å². The van der Waals surface area contributed by atoms with Gasteiger partial charge >= 0.3 is 0 Å². The van der Waals surface area contributed by atoms with E-state index in [0.717, 1.165) is 16.5 Å². The Bertz CT molecular complexity index is 894. The number of hydrogen-bond donors (Lipinski definition) is 2. The van der Waals surface area contributed by atoms with Crippen molar-refractivity contribution in [3.63, 3.8) is 0 Å². The summed E-state index contributed by atoms with van der Waals surface area (Å²) in [4.78, 5) is 12.3. The maximum absolute atomic E-state index is 12.3. The second-order valence-electron chi connectivity index (χ2n) is 6.33. The maximum Gasteiger partial charge on any atom is 0.244 e. The van der Waals surface area contributed by atoms with Gasteiger partial charge in [-0.05, 0) is 55.1 Å². The monoisotopic (exact) mass is 342 g/mol. The van der Waals surface area contributed by atoms with E-state index in [0.29, 0.717) is 10.7 Å². The number of nitrogens with one attached hydrogen (secondary N) is 1. The average Bonchev–Trinajstić information content (AvgIpc) is 2.89. The van der Waals surface area contributed by atoms with Gasteiger partial charge in [0.05, 0.1) is 5.60 Å². The van der Waals surface area contributed by atoms with E-state index >= 15 is 0 Å². The van der Waals surface area contributed by atoms with Gasteiger partial charge in [-0.15, -0.1) is 0 Å². The zero-order chi connectivity index (χ0) is 17.3. The molecule has 24 heavy (non-hydrogen) atoms. The summed E-state index contributed by atoms with van der Waals surface area (Å²) in [6.07, 6.45) is 1.87. The van der Waals surface area contributed by atoms with Crippen molar-refractivity contribution < 1.29 is 9.90 Å². The van der Waals surface area contributed by atoms with Crippen molar-refractivity contribution in [3.05, 3.63) is 65.3 Å². The van der Waals surface area contributed by atoms with E-state index in [1.807, 2.05) is 47.2 Å². The number of carbonyl (C=O) groups is 1. The van der Waals surface area contributed by atoms with Crippen LogP contribution in [0.5, 0.6) is 0 Å². The first kappa shape index (κ1) is 16.6. The third kappa shape index (κ3) is 3.61. The zero-order valence-electron chi connectivity index (χ0n) is 13.6. The number of halogens is 1. The first-order valence-corrected chi connectivity index (χ1v) is 8.08. The quantitative estimate of drug-likeness (QED) is 0.748. The van der Waals surface area contributed by atoms with Crippen molar-refractivity contribution in [1.29, 1.82) is 0 Å². The highest BCUT2D eigenvalue weighted by Crippen LogP contribution is 2.23. The summed E-state index contributed by atoms with van der Waals surface area (Å²) in [6, 6.07) is 14.8. The lowest BCUT2D eigenvalue weighted by atomic mass is 9.98.